The van der Waals surface area contributed by atoms with Crippen LogP contribution < -0.4 is 26.0 Å². The molecule has 4 rings (SSSR count). The van der Waals surface area contributed by atoms with Crippen molar-refractivity contribution in [2.24, 2.45) is 5.92 Å². The zero-order valence-electron chi connectivity index (χ0n) is 18.1. The second-order valence-corrected chi connectivity index (χ2v) is 8.55. The molecule has 3 aromatic heterocycles. The van der Waals surface area contributed by atoms with Crippen LogP contribution in [-0.4, -0.2) is 38.9 Å². The number of rotatable bonds is 7. The SMILES string of the molecule is COc1ccc(OC)c(NC(=O)Cn2nc3n(CC(C)C)c(=O)c4sccc4n3c2=O)c1. The molecule has 32 heavy (non-hydrogen) atoms. The summed E-state index contributed by atoms with van der Waals surface area (Å²) >= 11 is 1.28. The number of nitrogens with zero attached hydrogens (tertiary/aromatic N) is 4. The van der Waals surface area contributed by atoms with Crippen LogP contribution in [0.2, 0.25) is 0 Å². The second-order valence-electron chi connectivity index (χ2n) is 7.63. The Morgan fingerprint density at radius 1 is 1.19 bits per heavy atom. The van der Waals surface area contributed by atoms with Crippen LogP contribution >= 0.6 is 11.3 Å². The van der Waals surface area contributed by atoms with Crippen LogP contribution in [0.1, 0.15) is 13.8 Å². The van der Waals surface area contributed by atoms with Gasteiger partial charge in [-0.1, -0.05) is 13.8 Å². The number of aromatic nitrogens is 4. The molecular weight excluding hydrogens is 434 g/mol. The molecule has 10 nitrogen and oxygen atoms in total. The number of thiophene rings is 1. The van der Waals surface area contributed by atoms with Gasteiger partial charge in [0.15, 0.2) is 0 Å². The van der Waals surface area contributed by atoms with Gasteiger partial charge in [0, 0.05) is 12.6 Å². The lowest BCUT2D eigenvalue weighted by molar-refractivity contribution is -0.117. The molecule has 0 saturated heterocycles. The summed E-state index contributed by atoms with van der Waals surface area (Å²) in [7, 11) is 3.01. The van der Waals surface area contributed by atoms with Gasteiger partial charge in [-0.15, -0.1) is 16.4 Å². The van der Waals surface area contributed by atoms with E-state index >= 15 is 0 Å². The van der Waals surface area contributed by atoms with Crippen molar-refractivity contribution >= 4 is 38.9 Å². The summed E-state index contributed by atoms with van der Waals surface area (Å²) in [6, 6.07) is 6.71. The van der Waals surface area contributed by atoms with E-state index in [0.717, 1.165) is 4.68 Å². The van der Waals surface area contributed by atoms with Gasteiger partial charge in [0.25, 0.3) is 5.56 Å². The molecule has 0 radical (unpaired) electrons. The molecule has 3 heterocycles. The number of carbonyl (C=O) groups excluding carboxylic acids is 1. The average molecular weight is 458 g/mol. The Morgan fingerprint density at radius 2 is 1.97 bits per heavy atom. The highest BCUT2D eigenvalue weighted by atomic mass is 32.1. The zero-order chi connectivity index (χ0) is 23.0. The first-order valence-electron chi connectivity index (χ1n) is 9.95. The van der Waals surface area contributed by atoms with Gasteiger partial charge in [0.2, 0.25) is 11.7 Å². The summed E-state index contributed by atoms with van der Waals surface area (Å²) in [4.78, 5) is 38.8. The Hall–Kier alpha value is -3.60. The molecule has 0 aliphatic heterocycles. The topological polar surface area (TPSA) is 109 Å². The van der Waals surface area contributed by atoms with Crippen molar-refractivity contribution in [3.8, 4) is 11.5 Å². The predicted octanol–water partition coefficient (Wildman–Crippen LogP) is 2.18. The van der Waals surface area contributed by atoms with Gasteiger partial charge < -0.3 is 14.8 Å². The number of anilines is 1. The molecule has 1 N–H and O–H groups in total. The highest BCUT2D eigenvalue weighted by Gasteiger charge is 2.20. The number of nitrogens with one attached hydrogen (secondary N) is 1. The van der Waals surface area contributed by atoms with Crippen molar-refractivity contribution in [1.82, 2.24) is 18.7 Å². The number of hydrogen-bond acceptors (Lipinski definition) is 7. The summed E-state index contributed by atoms with van der Waals surface area (Å²) in [5, 5.41) is 8.82. The Morgan fingerprint density at radius 3 is 2.66 bits per heavy atom. The maximum atomic E-state index is 13.1. The van der Waals surface area contributed by atoms with Gasteiger partial charge in [-0.25, -0.2) is 13.9 Å². The first-order valence-corrected chi connectivity index (χ1v) is 10.8. The third kappa shape index (κ3) is 3.75. The minimum absolute atomic E-state index is 0.165. The Kier molecular flexibility index (Phi) is 5.74. The lowest BCUT2D eigenvalue weighted by Crippen LogP contribution is -2.29. The molecule has 1 amide bonds. The molecule has 11 heteroatoms. The predicted molar refractivity (Wildman–Crippen MR) is 122 cm³/mol. The number of amides is 1. The molecule has 0 saturated carbocycles. The molecule has 0 aliphatic carbocycles. The number of hydrogen-bond donors (Lipinski definition) is 1. The fraction of sp³-hybridized carbons (Fsp3) is 0.333. The summed E-state index contributed by atoms with van der Waals surface area (Å²) < 4.78 is 14.9. The standard InChI is InChI=1S/C21H23N5O5S/c1-12(2)10-24-19(28)18-15(7-8-32-18)26-20(24)23-25(21(26)29)11-17(27)22-14-9-13(30-3)5-6-16(14)31-4/h5-9,12H,10-11H2,1-4H3,(H,22,27). The average Bonchev–Trinajstić information content (AvgIpc) is 3.36. The van der Waals surface area contributed by atoms with E-state index in [-0.39, 0.29) is 23.8 Å². The molecular formula is C21H23N5O5S. The summed E-state index contributed by atoms with van der Waals surface area (Å²) in [6.07, 6.45) is 0. The smallest absolute Gasteiger partial charge is 0.352 e. The first kappa shape index (κ1) is 21.6. The highest BCUT2D eigenvalue weighted by molar-refractivity contribution is 7.17. The van der Waals surface area contributed by atoms with Crippen LogP contribution in [0.3, 0.4) is 0 Å². The van der Waals surface area contributed by atoms with E-state index in [1.165, 1.54) is 34.5 Å². The van der Waals surface area contributed by atoms with Crippen molar-refractivity contribution in [3.05, 3.63) is 50.5 Å². The van der Waals surface area contributed by atoms with E-state index in [1.54, 1.807) is 29.6 Å². The molecule has 0 fully saturated rings. The molecule has 0 aliphatic rings. The fourth-order valence-electron chi connectivity index (χ4n) is 3.50. The third-order valence-corrected chi connectivity index (χ3v) is 5.80. The molecule has 0 spiro atoms. The lowest BCUT2D eigenvalue weighted by atomic mass is 10.2. The number of carbonyl (C=O) groups is 1. The molecule has 168 valence electrons. The minimum Gasteiger partial charge on any atom is -0.497 e. The Bertz CT molecular complexity index is 1430. The van der Waals surface area contributed by atoms with Gasteiger partial charge in [-0.2, -0.15) is 0 Å². The Labute approximate surface area is 186 Å². The van der Waals surface area contributed by atoms with Crippen LogP contribution in [0, 0.1) is 5.92 Å². The van der Waals surface area contributed by atoms with E-state index < -0.39 is 11.6 Å². The van der Waals surface area contributed by atoms with Crippen molar-refractivity contribution < 1.29 is 14.3 Å². The van der Waals surface area contributed by atoms with E-state index in [2.05, 4.69) is 10.4 Å². The third-order valence-electron chi connectivity index (χ3n) is 4.91. The van der Waals surface area contributed by atoms with Gasteiger partial charge in [-0.3, -0.25) is 14.2 Å². The monoisotopic (exact) mass is 457 g/mol. The van der Waals surface area contributed by atoms with Crippen LogP contribution in [0.25, 0.3) is 16.0 Å². The van der Waals surface area contributed by atoms with Crippen LogP contribution in [0.4, 0.5) is 5.69 Å². The van der Waals surface area contributed by atoms with Crippen molar-refractivity contribution in [1.29, 1.82) is 0 Å². The molecule has 1 aromatic carbocycles. The van der Waals surface area contributed by atoms with Crippen LogP contribution in [-0.2, 0) is 17.9 Å². The summed E-state index contributed by atoms with van der Waals surface area (Å²) in [5.74, 6) is 0.904. The first-order chi connectivity index (χ1) is 15.3. The number of fused-ring (bicyclic) bond motifs is 3. The van der Waals surface area contributed by atoms with Crippen molar-refractivity contribution in [2.45, 2.75) is 26.9 Å². The molecule has 4 aromatic rings. The van der Waals surface area contributed by atoms with Crippen molar-refractivity contribution in [3.63, 3.8) is 0 Å². The zero-order valence-corrected chi connectivity index (χ0v) is 18.9. The fourth-order valence-corrected chi connectivity index (χ4v) is 4.33. The van der Waals surface area contributed by atoms with E-state index in [9.17, 15) is 14.4 Å². The number of benzene rings is 1. The van der Waals surface area contributed by atoms with Gasteiger partial charge in [-0.05, 0) is 29.5 Å². The van der Waals surface area contributed by atoms with Gasteiger partial charge in [0.1, 0.15) is 22.7 Å². The second kappa shape index (κ2) is 8.50. The minimum atomic E-state index is -0.492. The van der Waals surface area contributed by atoms with E-state index in [1.807, 2.05) is 13.8 Å². The van der Waals surface area contributed by atoms with Gasteiger partial charge in [0.05, 0.1) is 25.4 Å². The maximum absolute atomic E-state index is 13.1. The Balaban J connectivity index is 1.75. The van der Waals surface area contributed by atoms with E-state index in [0.29, 0.717) is 33.9 Å². The largest absolute Gasteiger partial charge is 0.497 e. The summed E-state index contributed by atoms with van der Waals surface area (Å²) in [5.41, 5.74) is 0.208. The number of ether oxygens (including phenoxy) is 2. The molecule has 0 atom stereocenters. The summed E-state index contributed by atoms with van der Waals surface area (Å²) in [6.45, 7) is 4.03. The quantitative estimate of drug-likeness (QED) is 0.456. The van der Waals surface area contributed by atoms with Crippen LogP contribution in [0.15, 0.2) is 39.2 Å². The highest BCUT2D eigenvalue weighted by Crippen LogP contribution is 2.28. The van der Waals surface area contributed by atoms with Crippen molar-refractivity contribution in [2.75, 3.05) is 19.5 Å². The number of methoxy groups -OCH3 is 2. The van der Waals surface area contributed by atoms with Crippen LogP contribution in [0.5, 0.6) is 11.5 Å². The normalized spacial score (nSPS) is 11.4. The molecule has 0 bridgehead atoms. The molecule has 0 unspecified atom stereocenters. The maximum Gasteiger partial charge on any atom is 0.352 e. The van der Waals surface area contributed by atoms with Gasteiger partial charge >= 0.3 is 5.69 Å². The lowest BCUT2D eigenvalue weighted by Gasteiger charge is -2.11. The van der Waals surface area contributed by atoms with E-state index in [4.69, 9.17) is 9.47 Å².